The fourth-order valence-corrected chi connectivity index (χ4v) is 4.66. The largest absolute Gasteiger partial charge is 0.489 e. The van der Waals surface area contributed by atoms with Crippen LogP contribution < -0.4 is 9.47 Å². The molecule has 0 radical (unpaired) electrons. The van der Waals surface area contributed by atoms with Gasteiger partial charge in [-0.3, -0.25) is 0 Å². The minimum Gasteiger partial charge on any atom is -0.489 e. The molecule has 2 atom stereocenters. The molecule has 5 heteroatoms. The number of hydrogen-bond acceptors (Lipinski definition) is 4. The first-order valence-electron chi connectivity index (χ1n) is 11.4. The molecular formula is C29H23ClN2O2. The van der Waals surface area contributed by atoms with Gasteiger partial charge in [0.2, 0.25) is 6.23 Å². The lowest BCUT2D eigenvalue weighted by Crippen LogP contribution is -2.33. The quantitative estimate of drug-likeness (QED) is 0.313. The van der Waals surface area contributed by atoms with Gasteiger partial charge in [0.1, 0.15) is 18.1 Å². The molecule has 4 aromatic carbocycles. The molecule has 2 aliphatic rings. The van der Waals surface area contributed by atoms with E-state index in [9.17, 15) is 0 Å². The summed E-state index contributed by atoms with van der Waals surface area (Å²) in [6.45, 7) is 0.489. The second-order valence-corrected chi connectivity index (χ2v) is 8.94. The number of halogens is 1. The Morgan fingerprint density at radius 3 is 2.38 bits per heavy atom. The molecule has 0 aliphatic carbocycles. The number of fused-ring (bicyclic) bond motifs is 3. The molecule has 4 aromatic rings. The first-order chi connectivity index (χ1) is 16.7. The van der Waals surface area contributed by atoms with E-state index >= 15 is 0 Å². The van der Waals surface area contributed by atoms with Crippen molar-refractivity contribution in [2.75, 3.05) is 0 Å². The lowest BCUT2D eigenvalue weighted by molar-refractivity contribution is -0.0190. The Balaban J connectivity index is 1.26. The molecule has 0 unspecified atom stereocenters. The van der Waals surface area contributed by atoms with Gasteiger partial charge in [-0.15, -0.1) is 0 Å². The van der Waals surface area contributed by atoms with Crippen molar-refractivity contribution in [2.45, 2.75) is 25.3 Å². The topological polar surface area (TPSA) is 34.1 Å². The minimum absolute atomic E-state index is 0.144. The van der Waals surface area contributed by atoms with Crippen LogP contribution in [-0.2, 0) is 6.61 Å². The Labute approximate surface area is 204 Å². The van der Waals surface area contributed by atoms with Gasteiger partial charge in [-0.1, -0.05) is 72.3 Å². The zero-order chi connectivity index (χ0) is 22.9. The normalized spacial score (nSPS) is 18.5. The predicted octanol–water partition coefficient (Wildman–Crippen LogP) is 7.16. The highest BCUT2D eigenvalue weighted by atomic mass is 35.5. The summed E-state index contributed by atoms with van der Waals surface area (Å²) in [5.41, 5.74) is 5.52. The third-order valence-corrected chi connectivity index (χ3v) is 6.54. The molecule has 0 fully saturated rings. The molecule has 6 rings (SSSR count). The Morgan fingerprint density at radius 2 is 1.59 bits per heavy atom. The molecule has 0 spiro atoms. The van der Waals surface area contributed by atoms with Crippen molar-refractivity contribution >= 4 is 17.3 Å². The van der Waals surface area contributed by atoms with Crippen molar-refractivity contribution in [1.29, 1.82) is 0 Å². The van der Waals surface area contributed by atoms with Crippen LogP contribution in [0.4, 0.5) is 0 Å². The van der Waals surface area contributed by atoms with E-state index in [1.807, 2.05) is 54.6 Å². The molecule has 168 valence electrons. The zero-order valence-corrected chi connectivity index (χ0v) is 19.2. The summed E-state index contributed by atoms with van der Waals surface area (Å²) in [7, 11) is 0. The number of benzene rings is 4. The van der Waals surface area contributed by atoms with Crippen LogP contribution in [0.5, 0.6) is 11.5 Å². The summed E-state index contributed by atoms with van der Waals surface area (Å²) in [6, 6.07) is 34.6. The van der Waals surface area contributed by atoms with Gasteiger partial charge >= 0.3 is 0 Å². The summed E-state index contributed by atoms with van der Waals surface area (Å²) >= 11 is 5.97. The van der Waals surface area contributed by atoms with Gasteiger partial charge in [0, 0.05) is 22.6 Å². The molecule has 0 saturated carbocycles. The van der Waals surface area contributed by atoms with Gasteiger partial charge in [-0.05, 0) is 53.6 Å². The van der Waals surface area contributed by atoms with E-state index < -0.39 is 0 Å². The average Bonchev–Trinajstić information content (AvgIpc) is 3.35. The van der Waals surface area contributed by atoms with E-state index in [4.69, 9.17) is 26.2 Å². The summed E-state index contributed by atoms with van der Waals surface area (Å²) < 4.78 is 12.4. The number of nitrogens with zero attached hydrogens (tertiary/aromatic N) is 2. The number of rotatable bonds is 5. The van der Waals surface area contributed by atoms with Gasteiger partial charge < -0.3 is 9.47 Å². The molecular weight excluding hydrogens is 444 g/mol. The minimum atomic E-state index is -0.300. The van der Waals surface area contributed by atoms with E-state index in [2.05, 4.69) is 53.5 Å². The van der Waals surface area contributed by atoms with E-state index in [1.54, 1.807) is 0 Å². The van der Waals surface area contributed by atoms with Crippen LogP contribution in [0.2, 0.25) is 5.02 Å². The molecule has 0 bridgehead atoms. The second-order valence-electron chi connectivity index (χ2n) is 8.50. The summed E-state index contributed by atoms with van der Waals surface area (Å²) in [5, 5.41) is 7.85. The first kappa shape index (κ1) is 20.8. The van der Waals surface area contributed by atoms with E-state index in [1.165, 1.54) is 5.56 Å². The van der Waals surface area contributed by atoms with Gasteiger partial charge in [0.05, 0.1) is 11.8 Å². The van der Waals surface area contributed by atoms with Crippen LogP contribution in [-0.4, -0.2) is 10.7 Å². The number of ether oxygens (including phenoxy) is 2. The maximum atomic E-state index is 6.46. The summed E-state index contributed by atoms with van der Waals surface area (Å²) in [4.78, 5) is 0. The van der Waals surface area contributed by atoms with E-state index in [0.717, 1.165) is 45.3 Å². The van der Waals surface area contributed by atoms with Gasteiger partial charge in [0.15, 0.2) is 0 Å². The lowest BCUT2D eigenvalue weighted by atomic mass is 9.96. The van der Waals surface area contributed by atoms with Crippen LogP contribution in [0.15, 0.2) is 108 Å². The van der Waals surface area contributed by atoms with Crippen molar-refractivity contribution in [2.24, 2.45) is 5.10 Å². The summed E-state index contributed by atoms with van der Waals surface area (Å²) in [6.07, 6.45) is 0.551. The molecule has 0 aromatic heterocycles. The Morgan fingerprint density at radius 1 is 0.853 bits per heavy atom. The van der Waals surface area contributed by atoms with E-state index in [0.29, 0.717) is 6.61 Å². The molecule has 4 nitrogen and oxygen atoms in total. The number of hydrogen-bond donors (Lipinski definition) is 0. The highest BCUT2D eigenvalue weighted by Crippen LogP contribution is 2.47. The highest BCUT2D eigenvalue weighted by Gasteiger charge is 2.40. The molecule has 0 saturated heterocycles. The van der Waals surface area contributed by atoms with Crippen LogP contribution >= 0.6 is 11.6 Å². The van der Waals surface area contributed by atoms with Crippen LogP contribution in [0.25, 0.3) is 0 Å². The van der Waals surface area contributed by atoms with Crippen molar-refractivity contribution in [1.82, 2.24) is 5.01 Å². The number of para-hydroxylation sites is 1. The van der Waals surface area contributed by atoms with Crippen LogP contribution in [0.3, 0.4) is 0 Å². The fourth-order valence-electron chi connectivity index (χ4n) is 4.54. The van der Waals surface area contributed by atoms with Crippen molar-refractivity contribution < 1.29 is 9.47 Å². The Bertz CT molecular complexity index is 1320. The first-order valence-corrected chi connectivity index (χ1v) is 11.8. The van der Waals surface area contributed by atoms with Gasteiger partial charge in [-0.25, -0.2) is 5.01 Å². The average molecular weight is 467 g/mol. The maximum absolute atomic E-state index is 6.46. The number of hydrazone groups is 1. The Kier molecular flexibility index (Phi) is 5.44. The zero-order valence-electron chi connectivity index (χ0n) is 18.5. The third-order valence-electron chi connectivity index (χ3n) is 6.29. The molecule has 2 aliphatic heterocycles. The maximum Gasteiger partial charge on any atom is 0.213 e. The predicted molar refractivity (Wildman–Crippen MR) is 134 cm³/mol. The summed E-state index contributed by atoms with van der Waals surface area (Å²) in [5.74, 6) is 1.72. The fraction of sp³-hybridized carbons (Fsp3) is 0.138. The SMILES string of the molecule is Clc1ccc(COc2ccc([C@H]3Oc4ccccc4[C@@H]4CC(c5ccccc5)=NN34)cc2)cc1. The molecule has 2 heterocycles. The lowest BCUT2D eigenvalue weighted by Gasteiger charge is -2.38. The van der Waals surface area contributed by atoms with Crippen molar-refractivity contribution in [3.8, 4) is 11.5 Å². The smallest absolute Gasteiger partial charge is 0.213 e. The van der Waals surface area contributed by atoms with Gasteiger partial charge in [-0.2, -0.15) is 5.10 Å². The Hall–Kier alpha value is -3.76. The third kappa shape index (κ3) is 4.02. The molecule has 34 heavy (non-hydrogen) atoms. The second kappa shape index (κ2) is 8.88. The highest BCUT2D eigenvalue weighted by molar-refractivity contribution is 6.30. The molecule has 0 amide bonds. The standard InChI is InChI=1S/C29H23ClN2O2/c30-23-14-10-20(11-15-23)19-33-24-16-12-22(13-17-24)29-32-27(25-8-4-5-9-28(25)34-29)18-26(31-32)21-6-2-1-3-7-21/h1-17,27,29H,18-19H2/t27-,29+/m0/s1. The monoisotopic (exact) mass is 466 g/mol. The van der Waals surface area contributed by atoms with Crippen LogP contribution in [0.1, 0.15) is 40.9 Å². The van der Waals surface area contributed by atoms with Crippen molar-refractivity contribution in [3.05, 3.63) is 130 Å². The molecule has 0 N–H and O–H groups in total. The van der Waals surface area contributed by atoms with Gasteiger partial charge in [0.25, 0.3) is 0 Å². The van der Waals surface area contributed by atoms with E-state index in [-0.39, 0.29) is 12.3 Å². The van der Waals surface area contributed by atoms with Crippen LogP contribution in [0, 0.1) is 0 Å². The van der Waals surface area contributed by atoms with Crippen molar-refractivity contribution in [3.63, 3.8) is 0 Å².